The van der Waals surface area contributed by atoms with Crippen LogP contribution in [0.15, 0.2) is 27.1 Å². The van der Waals surface area contributed by atoms with E-state index in [0.29, 0.717) is 14.5 Å². The van der Waals surface area contributed by atoms with Gasteiger partial charge in [-0.1, -0.05) is 31.9 Å². The van der Waals surface area contributed by atoms with Gasteiger partial charge in [-0.2, -0.15) is 13.2 Å². The number of hydrogen-bond acceptors (Lipinski definition) is 1. The van der Waals surface area contributed by atoms with Crippen molar-refractivity contribution in [1.29, 1.82) is 0 Å². The summed E-state index contributed by atoms with van der Waals surface area (Å²) < 4.78 is 37.7. The first-order valence-corrected chi connectivity index (χ1v) is 5.65. The van der Waals surface area contributed by atoms with Crippen molar-refractivity contribution >= 4 is 44.3 Å². The molecule has 0 aliphatic heterocycles. The Morgan fingerprint density at radius 3 is 1.94 bits per heavy atom. The summed E-state index contributed by atoms with van der Waals surface area (Å²) in [5.74, 6) is 0. The Hall–Kier alpha value is 0.220. The average molecular weight is 383 g/mol. The van der Waals surface area contributed by atoms with Crippen LogP contribution in [0, 0.1) is 0 Å². The number of rotatable bonds is 2. The Balaban J connectivity index is 0.00000225. The Morgan fingerprint density at radius 1 is 1.12 bits per heavy atom. The normalized spacial score (nSPS) is 13.1. The number of hydrogen-bond donors (Lipinski definition) is 1. The van der Waals surface area contributed by atoms with Gasteiger partial charge in [0.25, 0.3) is 0 Å². The third-order valence-corrected chi connectivity index (χ3v) is 2.68. The molecule has 7 heteroatoms. The van der Waals surface area contributed by atoms with Crippen LogP contribution in [0.4, 0.5) is 13.2 Å². The lowest BCUT2D eigenvalue weighted by Gasteiger charge is -2.15. The first-order valence-electron chi connectivity index (χ1n) is 4.06. The van der Waals surface area contributed by atoms with Gasteiger partial charge < -0.3 is 5.73 Å². The van der Waals surface area contributed by atoms with Crippen molar-refractivity contribution in [2.45, 2.75) is 18.6 Å². The molecule has 0 heterocycles. The molecule has 0 bridgehead atoms. The van der Waals surface area contributed by atoms with Crippen molar-refractivity contribution in [3.8, 4) is 0 Å². The third-order valence-electron chi connectivity index (χ3n) is 1.76. The molecule has 0 aromatic heterocycles. The second kappa shape index (κ2) is 6.23. The number of alkyl halides is 3. The van der Waals surface area contributed by atoms with E-state index in [0.717, 1.165) is 0 Å². The first-order chi connectivity index (χ1) is 6.78. The fourth-order valence-corrected chi connectivity index (χ4v) is 2.49. The van der Waals surface area contributed by atoms with Crippen LogP contribution >= 0.6 is 44.3 Å². The van der Waals surface area contributed by atoms with Gasteiger partial charge in [-0.3, -0.25) is 0 Å². The van der Waals surface area contributed by atoms with E-state index in [1.807, 2.05) is 0 Å². The van der Waals surface area contributed by atoms with E-state index in [1.165, 1.54) is 0 Å². The summed E-state index contributed by atoms with van der Waals surface area (Å²) >= 11 is 6.39. The van der Waals surface area contributed by atoms with Crippen LogP contribution in [0.1, 0.15) is 18.0 Å². The topological polar surface area (TPSA) is 26.0 Å². The quantitative estimate of drug-likeness (QED) is 0.795. The molecule has 0 amide bonds. The predicted molar refractivity (Wildman–Crippen MR) is 66.7 cm³/mol. The lowest BCUT2D eigenvalue weighted by molar-refractivity contribution is -0.138. The predicted octanol–water partition coefficient (Wildman–Crippen LogP) is 4.59. The summed E-state index contributed by atoms with van der Waals surface area (Å²) in [5, 5.41) is 0. The molecule has 92 valence electrons. The molecule has 0 saturated heterocycles. The van der Waals surface area contributed by atoms with Crippen molar-refractivity contribution in [3.05, 3.63) is 32.7 Å². The van der Waals surface area contributed by atoms with Crippen LogP contribution in [0.2, 0.25) is 0 Å². The highest BCUT2D eigenvalue weighted by atomic mass is 79.9. The Morgan fingerprint density at radius 2 is 1.56 bits per heavy atom. The van der Waals surface area contributed by atoms with Crippen LogP contribution < -0.4 is 5.73 Å². The van der Waals surface area contributed by atoms with Crippen LogP contribution in [0.25, 0.3) is 0 Å². The average Bonchev–Trinajstić information content (AvgIpc) is 1.98. The summed E-state index contributed by atoms with van der Waals surface area (Å²) in [6, 6.07) is 3.88. The van der Waals surface area contributed by atoms with Crippen molar-refractivity contribution in [2.75, 3.05) is 0 Å². The highest BCUT2D eigenvalue weighted by Crippen LogP contribution is 2.30. The molecule has 1 nitrogen and oxygen atoms in total. The standard InChI is InChI=1S/C9H8Br2F3N.ClH/c10-6-1-5(2-7(11)3-6)8(15)4-9(12,13)14;/h1-3,8H,4,15H2;1H/t8-;/m0./s1. The maximum absolute atomic E-state index is 12.1. The van der Waals surface area contributed by atoms with Crippen LogP contribution in [0.5, 0.6) is 0 Å². The van der Waals surface area contributed by atoms with E-state index in [2.05, 4.69) is 31.9 Å². The lowest BCUT2D eigenvalue weighted by Crippen LogP contribution is -2.20. The fraction of sp³-hybridized carbons (Fsp3) is 0.333. The van der Waals surface area contributed by atoms with Crippen molar-refractivity contribution in [2.24, 2.45) is 5.73 Å². The van der Waals surface area contributed by atoms with E-state index < -0.39 is 18.6 Å². The van der Waals surface area contributed by atoms with E-state index in [1.54, 1.807) is 18.2 Å². The second-order valence-electron chi connectivity index (χ2n) is 3.13. The summed E-state index contributed by atoms with van der Waals surface area (Å²) in [6.07, 6.45) is -5.26. The SMILES string of the molecule is Cl.N[C@@H](CC(F)(F)F)c1cc(Br)cc(Br)c1. The van der Waals surface area contributed by atoms with Gasteiger partial charge in [-0.25, -0.2) is 0 Å². The number of halogens is 6. The molecule has 0 saturated carbocycles. The van der Waals surface area contributed by atoms with Gasteiger partial charge in [0.15, 0.2) is 0 Å². The minimum absolute atomic E-state index is 0. The van der Waals surface area contributed by atoms with Crippen molar-refractivity contribution < 1.29 is 13.2 Å². The van der Waals surface area contributed by atoms with E-state index in [4.69, 9.17) is 5.73 Å². The molecular weight excluding hydrogens is 374 g/mol. The maximum atomic E-state index is 12.1. The first kappa shape index (κ1) is 16.2. The Labute approximate surface area is 114 Å². The summed E-state index contributed by atoms with van der Waals surface area (Å²) in [5.41, 5.74) is 5.91. The van der Waals surface area contributed by atoms with Gasteiger partial charge in [-0.05, 0) is 23.8 Å². The molecule has 2 N–H and O–H groups in total. The van der Waals surface area contributed by atoms with Crippen LogP contribution in [0.3, 0.4) is 0 Å². The van der Waals surface area contributed by atoms with Gasteiger partial charge in [0, 0.05) is 15.0 Å². The van der Waals surface area contributed by atoms with Gasteiger partial charge in [0.1, 0.15) is 0 Å². The smallest absolute Gasteiger partial charge is 0.324 e. The Kier molecular flexibility index (Phi) is 6.32. The summed E-state index contributed by atoms with van der Waals surface area (Å²) in [7, 11) is 0. The molecule has 0 unspecified atom stereocenters. The second-order valence-corrected chi connectivity index (χ2v) is 4.96. The molecule has 0 aliphatic rings. The number of nitrogens with two attached hydrogens (primary N) is 1. The van der Waals surface area contributed by atoms with Crippen LogP contribution in [-0.4, -0.2) is 6.18 Å². The Bertz CT molecular complexity index is 337. The maximum Gasteiger partial charge on any atom is 0.390 e. The molecule has 0 radical (unpaired) electrons. The minimum Gasteiger partial charge on any atom is -0.324 e. The molecule has 1 aromatic carbocycles. The lowest BCUT2D eigenvalue weighted by atomic mass is 10.1. The molecule has 0 aliphatic carbocycles. The summed E-state index contributed by atoms with van der Waals surface area (Å²) in [6.45, 7) is 0. The van der Waals surface area contributed by atoms with Gasteiger partial charge in [0.2, 0.25) is 0 Å². The molecule has 1 rings (SSSR count). The van der Waals surface area contributed by atoms with Crippen LogP contribution in [-0.2, 0) is 0 Å². The van der Waals surface area contributed by atoms with Gasteiger partial charge >= 0.3 is 6.18 Å². The highest BCUT2D eigenvalue weighted by molar-refractivity contribution is 9.11. The molecule has 16 heavy (non-hydrogen) atoms. The zero-order chi connectivity index (χ0) is 11.6. The zero-order valence-electron chi connectivity index (χ0n) is 7.89. The number of benzene rings is 1. The minimum atomic E-state index is -4.24. The van der Waals surface area contributed by atoms with Gasteiger partial charge in [-0.15, -0.1) is 12.4 Å². The van der Waals surface area contributed by atoms with E-state index in [-0.39, 0.29) is 12.4 Å². The van der Waals surface area contributed by atoms with E-state index in [9.17, 15) is 13.2 Å². The van der Waals surface area contributed by atoms with Crippen molar-refractivity contribution in [1.82, 2.24) is 0 Å². The largest absolute Gasteiger partial charge is 0.390 e. The van der Waals surface area contributed by atoms with Crippen molar-refractivity contribution in [3.63, 3.8) is 0 Å². The zero-order valence-corrected chi connectivity index (χ0v) is 11.9. The molecule has 0 fully saturated rings. The molecule has 1 aromatic rings. The fourth-order valence-electron chi connectivity index (χ4n) is 1.16. The molecule has 1 atom stereocenters. The summed E-state index contributed by atoms with van der Waals surface area (Å²) in [4.78, 5) is 0. The molecule has 0 spiro atoms. The monoisotopic (exact) mass is 381 g/mol. The molecular formula is C9H9Br2ClF3N. The van der Waals surface area contributed by atoms with E-state index >= 15 is 0 Å². The highest BCUT2D eigenvalue weighted by Gasteiger charge is 2.31. The third kappa shape index (κ3) is 5.52. The van der Waals surface area contributed by atoms with Gasteiger partial charge in [0.05, 0.1) is 6.42 Å².